The Kier molecular flexibility index (Phi) is 7.33. The van der Waals surface area contributed by atoms with Crippen molar-refractivity contribution in [1.82, 2.24) is 14.7 Å². The second-order valence-corrected chi connectivity index (χ2v) is 8.81. The summed E-state index contributed by atoms with van der Waals surface area (Å²) >= 11 is 1.72. The average Bonchev–Trinajstić information content (AvgIpc) is 3.61. The van der Waals surface area contributed by atoms with E-state index < -0.39 is 0 Å². The molecule has 3 aliphatic heterocycles. The summed E-state index contributed by atoms with van der Waals surface area (Å²) in [6.07, 6.45) is 15.5. The lowest BCUT2D eigenvalue weighted by Crippen LogP contribution is -2.45. The SMILES string of the molecule is C=C/C(=C\C=C\n1cccn1)CN1C=C2C(=O)N(c3ccccc3C)N=C2C2SC=CC21.CC. The first-order chi connectivity index (χ1) is 16.7. The Morgan fingerprint density at radius 3 is 2.79 bits per heavy atom. The lowest BCUT2D eigenvalue weighted by atomic mass is 9.97. The molecule has 5 rings (SSSR count). The zero-order chi connectivity index (χ0) is 24.1. The third-order valence-corrected chi connectivity index (χ3v) is 6.82. The number of thioether (sulfide) groups is 1. The van der Waals surface area contributed by atoms with Gasteiger partial charge in [0.25, 0.3) is 5.91 Å². The Bertz CT molecular complexity index is 1210. The summed E-state index contributed by atoms with van der Waals surface area (Å²) in [6.45, 7) is 10.6. The van der Waals surface area contributed by atoms with Crippen LogP contribution in [0.3, 0.4) is 0 Å². The number of nitrogens with zero attached hydrogens (tertiary/aromatic N) is 5. The van der Waals surface area contributed by atoms with Crippen molar-refractivity contribution in [3.8, 4) is 0 Å². The Balaban J connectivity index is 0.00000133. The minimum absolute atomic E-state index is 0.0760. The van der Waals surface area contributed by atoms with Gasteiger partial charge in [-0.05, 0) is 41.7 Å². The molecule has 34 heavy (non-hydrogen) atoms. The van der Waals surface area contributed by atoms with E-state index in [9.17, 15) is 4.79 Å². The Morgan fingerprint density at radius 1 is 1.24 bits per heavy atom. The molecule has 1 aromatic heterocycles. The first-order valence-electron chi connectivity index (χ1n) is 11.4. The molecule has 0 saturated heterocycles. The van der Waals surface area contributed by atoms with Gasteiger partial charge in [0.2, 0.25) is 0 Å². The quantitative estimate of drug-likeness (QED) is 0.529. The molecule has 7 heteroatoms. The van der Waals surface area contributed by atoms with Crippen molar-refractivity contribution in [2.75, 3.05) is 11.6 Å². The van der Waals surface area contributed by atoms with Crippen LogP contribution in [0.5, 0.6) is 0 Å². The number of hydrazone groups is 1. The molecule has 6 nitrogen and oxygen atoms in total. The van der Waals surface area contributed by atoms with Crippen LogP contribution in [0.15, 0.2) is 101 Å². The summed E-state index contributed by atoms with van der Waals surface area (Å²) in [4.78, 5) is 15.5. The number of aromatic nitrogens is 2. The molecule has 0 radical (unpaired) electrons. The maximum absolute atomic E-state index is 13.3. The summed E-state index contributed by atoms with van der Waals surface area (Å²) in [5.74, 6) is -0.0760. The molecular weight excluding hydrogens is 442 g/mol. The zero-order valence-corrected chi connectivity index (χ0v) is 20.5. The third-order valence-electron chi connectivity index (χ3n) is 5.71. The molecule has 0 fully saturated rings. The Labute approximate surface area is 205 Å². The predicted octanol–water partition coefficient (Wildman–Crippen LogP) is 5.40. The van der Waals surface area contributed by atoms with Gasteiger partial charge in [-0.2, -0.15) is 15.2 Å². The van der Waals surface area contributed by atoms with Gasteiger partial charge in [-0.25, -0.2) is 4.68 Å². The summed E-state index contributed by atoms with van der Waals surface area (Å²) in [7, 11) is 0. The lowest BCUT2D eigenvalue weighted by molar-refractivity contribution is -0.114. The van der Waals surface area contributed by atoms with Gasteiger partial charge in [0.15, 0.2) is 0 Å². The molecule has 0 spiro atoms. The number of rotatable bonds is 6. The topological polar surface area (TPSA) is 53.7 Å². The number of benzene rings is 1. The standard InChI is InChI=1S/C25H23N5OS.C2H6/c1-3-19(9-6-13-29-14-7-12-26-29)16-28-17-20-23(24-22(28)11-15-32-24)27-30(25(20)31)21-10-5-4-8-18(21)2;1-2/h3-15,17,22,24H,1,16H2,2H3;1-2H3/b13-6+,19-9+;. The molecule has 174 valence electrons. The maximum Gasteiger partial charge on any atom is 0.282 e. The van der Waals surface area contributed by atoms with Gasteiger partial charge < -0.3 is 4.90 Å². The van der Waals surface area contributed by atoms with Crippen molar-refractivity contribution in [2.24, 2.45) is 5.10 Å². The van der Waals surface area contributed by atoms with E-state index in [0.717, 1.165) is 22.5 Å². The van der Waals surface area contributed by atoms with Gasteiger partial charge in [0, 0.05) is 31.3 Å². The highest BCUT2D eigenvalue weighted by Gasteiger charge is 2.45. The largest absolute Gasteiger partial charge is 0.364 e. The Hall–Kier alpha value is -3.58. The molecule has 0 N–H and O–H groups in total. The van der Waals surface area contributed by atoms with Gasteiger partial charge >= 0.3 is 0 Å². The number of carbonyl (C=O) groups is 1. The minimum Gasteiger partial charge on any atom is -0.364 e. The number of amides is 1. The second-order valence-electron chi connectivity index (χ2n) is 7.75. The molecule has 2 atom stereocenters. The van der Waals surface area contributed by atoms with Crippen LogP contribution in [-0.4, -0.2) is 44.1 Å². The number of hydrogen-bond acceptors (Lipinski definition) is 5. The number of para-hydroxylation sites is 1. The van der Waals surface area contributed by atoms with Crippen molar-refractivity contribution in [3.63, 3.8) is 0 Å². The average molecular weight is 472 g/mol. The number of fused-ring (bicyclic) bond motifs is 3. The van der Waals surface area contributed by atoms with E-state index in [0.29, 0.717) is 12.1 Å². The highest BCUT2D eigenvalue weighted by molar-refractivity contribution is 8.03. The van der Waals surface area contributed by atoms with E-state index in [1.165, 1.54) is 0 Å². The molecule has 1 amide bonds. The minimum atomic E-state index is -0.0760. The van der Waals surface area contributed by atoms with Crippen LogP contribution in [0.4, 0.5) is 5.69 Å². The van der Waals surface area contributed by atoms with Crippen LogP contribution in [0.2, 0.25) is 0 Å². The van der Waals surface area contributed by atoms with Crippen molar-refractivity contribution in [2.45, 2.75) is 32.1 Å². The van der Waals surface area contributed by atoms with Crippen molar-refractivity contribution in [1.29, 1.82) is 0 Å². The molecule has 2 unspecified atom stereocenters. The van der Waals surface area contributed by atoms with Crippen LogP contribution in [0, 0.1) is 6.92 Å². The van der Waals surface area contributed by atoms with E-state index >= 15 is 0 Å². The van der Waals surface area contributed by atoms with Gasteiger partial charge in [-0.1, -0.05) is 56.9 Å². The van der Waals surface area contributed by atoms with E-state index in [4.69, 9.17) is 5.10 Å². The fraction of sp³-hybridized carbons (Fsp3) is 0.222. The van der Waals surface area contributed by atoms with E-state index in [-0.39, 0.29) is 17.2 Å². The monoisotopic (exact) mass is 471 g/mol. The molecule has 0 saturated carbocycles. The summed E-state index contributed by atoms with van der Waals surface area (Å²) in [5, 5.41) is 12.7. The highest BCUT2D eigenvalue weighted by Crippen LogP contribution is 2.39. The first kappa shape index (κ1) is 23.6. The summed E-state index contributed by atoms with van der Waals surface area (Å²) in [5.41, 5.74) is 4.43. The van der Waals surface area contributed by atoms with Crippen molar-refractivity contribution in [3.05, 3.63) is 102 Å². The van der Waals surface area contributed by atoms with Crippen LogP contribution in [0.1, 0.15) is 19.4 Å². The fourth-order valence-corrected chi connectivity index (χ4v) is 5.18. The van der Waals surface area contributed by atoms with Crippen molar-refractivity contribution < 1.29 is 4.79 Å². The second kappa shape index (κ2) is 10.6. The predicted molar refractivity (Wildman–Crippen MR) is 142 cm³/mol. The fourth-order valence-electron chi connectivity index (χ4n) is 4.05. The van der Waals surface area contributed by atoms with E-state index in [2.05, 4.69) is 28.1 Å². The maximum atomic E-state index is 13.3. The molecule has 3 aliphatic rings. The first-order valence-corrected chi connectivity index (χ1v) is 12.4. The molecule has 2 aromatic rings. The molecule has 0 bridgehead atoms. The summed E-state index contributed by atoms with van der Waals surface area (Å²) < 4.78 is 1.74. The number of hydrogen-bond donors (Lipinski definition) is 0. The van der Waals surface area contributed by atoms with Gasteiger partial charge in [0.1, 0.15) is 0 Å². The third kappa shape index (κ3) is 4.56. The smallest absolute Gasteiger partial charge is 0.282 e. The van der Waals surface area contributed by atoms with Crippen LogP contribution < -0.4 is 5.01 Å². The lowest BCUT2D eigenvalue weighted by Gasteiger charge is -2.35. The molecular formula is C27H29N5OS. The molecule has 4 heterocycles. The molecule has 0 aliphatic carbocycles. The number of anilines is 1. The van der Waals surface area contributed by atoms with E-state index in [1.807, 2.05) is 87.9 Å². The van der Waals surface area contributed by atoms with Crippen molar-refractivity contribution >= 4 is 35.3 Å². The molecule has 1 aromatic carbocycles. The number of allylic oxidation sites excluding steroid dienone is 2. The van der Waals surface area contributed by atoms with Gasteiger partial charge in [0.05, 0.1) is 28.3 Å². The van der Waals surface area contributed by atoms with Crippen LogP contribution in [-0.2, 0) is 4.79 Å². The van der Waals surface area contributed by atoms with Crippen LogP contribution in [0.25, 0.3) is 6.20 Å². The van der Waals surface area contributed by atoms with E-state index in [1.54, 1.807) is 27.6 Å². The zero-order valence-electron chi connectivity index (χ0n) is 19.7. The Morgan fingerprint density at radius 2 is 2.06 bits per heavy atom. The summed E-state index contributed by atoms with van der Waals surface area (Å²) in [6, 6.07) is 9.87. The van der Waals surface area contributed by atoms with Gasteiger partial charge in [-0.3, -0.25) is 4.79 Å². The van der Waals surface area contributed by atoms with Crippen LogP contribution >= 0.6 is 11.8 Å². The highest BCUT2D eigenvalue weighted by atomic mass is 32.2. The number of carbonyl (C=O) groups excluding carboxylic acids is 1. The number of aryl methyl sites for hydroxylation is 1. The van der Waals surface area contributed by atoms with Gasteiger partial charge in [-0.15, -0.1) is 11.8 Å². The normalized spacial score (nSPS) is 21.1.